The van der Waals surface area contributed by atoms with Gasteiger partial charge in [-0.25, -0.2) is 0 Å². The molecular weight excluding hydrogens is 213 g/mol. The second-order valence-corrected chi connectivity index (χ2v) is 2.74. The van der Waals surface area contributed by atoms with Crippen molar-refractivity contribution in [3.63, 3.8) is 0 Å². The second kappa shape index (κ2) is 5.25. The smallest absolute Gasteiger partial charge is 0.273 e. The van der Waals surface area contributed by atoms with Gasteiger partial charge in [0, 0.05) is 6.54 Å². The Morgan fingerprint density at radius 3 is 1.54 bits per heavy atom. The highest BCUT2D eigenvalue weighted by atomic mass is 35.5. The molecule has 74 valence electrons. The number of hydrogen-bond acceptors (Lipinski definition) is 2. The molecule has 0 atom stereocenters. The lowest BCUT2D eigenvalue weighted by atomic mass is 10.5. The molecule has 0 saturated carbocycles. The number of likely N-dealkylation sites (N-methyl/N-ethyl adjacent to an activating group) is 1. The van der Waals surface area contributed by atoms with Crippen LogP contribution in [0.25, 0.3) is 0 Å². The van der Waals surface area contributed by atoms with Crippen LogP contribution in [0.4, 0.5) is 0 Å². The Balaban J connectivity index is 0.000000671. The molecule has 1 aliphatic heterocycles. The Morgan fingerprint density at radius 1 is 1.08 bits per heavy atom. The third kappa shape index (κ3) is 2.23. The van der Waals surface area contributed by atoms with Gasteiger partial charge >= 0.3 is 0 Å². The maximum atomic E-state index is 11.0. The molecule has 0 fully saturated rings. The Kier molecular flexibility index (Phi) is 5.03. The number of carbonyl (C=O) groups is 2. The van der Waals surface area contributed by atoms with Gasteiger partial charge in [-0.05, 0) is 6.92 Å². The molecule has 1 heterocycles. The van der Waals surface area contributed by atoms with Crippen LogP contribution in [0.15, 0.2) is 10.1 Å². The number of hydrogen-bond donors (Lipinski definition) is 0. The van der Waals surface area contributed by atoms with Crippen LogP contribution >= 0.6 is 23.2 Å². The van der Waals surface area contributed by atoms with E-state index in [1.807, 2.05) is 13.8 Å². The number of nitrogens with zero attached hydrogens (tertiary/aromatic N) is 1. The van der Waals surface area contributed by atoms with Gasteiger partial charge in [-0.2, -0.15) is 0 Å². The maximum absolute atomic E-state index is 11.0. The quantitative estimate of drug-likeness (QED) is 0.639. The summed E-state index contributed by atoms with van der Waals surface area (Å²) in [6, 6.07) is 0. The van der Waals surface area contributed by atoms with Crippen LogP contribution in [0.3, 0.4) is 0 Å². The first kappa shape index (κ1) is 12.5. The molecule has 1 aliphatic rings. The summed E-state index contributed by atoms with van der Waals surface area (Å²) in [7, 11) is 0. The van der Waals surface area contributed by atoms with E-state index >= 15 is 0 Å². The second-order valence-electron chi connectivity index (χ2n) is 1.98. The van der Waals surface area contributed by atoms with Crippen molar-refractivity contribution in [3.05, 3.63) is 10.1 Å². The van der Waals surface area contributed by atoms with E-state index in [0.29, 0.717) is 6.54 Å². The van der Waals surface area contributed by atoms with Gasteiger partial charge in [0.05, 0.1) is 0 Å². The summed E-state index contributed by atoms with van der Waals surface area (Å²) in [5.41, 5.74) is 0. The summed E-state index contributed by atoms with van der Waals surface area (Å²) in [5.74, 6) is -1.02. The van der Waals surface area contributed by atoms with Crippen molar-refractivity contribution in [3.8, 4) is 0 Å². The minimum absolute atomic E-state index is 0.182. The van der Waals surface area contributed by atoms with Crippen LogP contribution in [0.2, 0.25) is 0 Å². The van der Waals surface area contributed by atoms with Gasteiger partial charge in [0.2, 0.25) is 0 Å². The molecule has 0 bridgehead atoms. The van der Waals surface area contributed by atoms with Crippen molar-refractivity contribution in [1.82, 2.24) is 4.90 Å². The summed E-state index contributed by atoms with van der Waals surface area (Å²) >= 11 is 10.8. The summed E-state index contributed by atoms with van der Waals surface area (Å²) in [5, 5.41) is -0.364. The van der Waals surface area contributed by atoms with E-state index in [1.165, 1.54) is 0 Å². The zero-order valence-electron chi connectivity index (χ0n) is 7.73. The van der Waals surface area contributed by atoms with Crippen LogP contribution in [0, 0.1) is 0 Å². The monoisotopic (exact) mass is 223 g/mol. The molecule has 2 amide bonds. The van der Waals surface area contributed by atoms with Gasteiger partial charge in [-0.1, -0.05) is 37.0 Å². The standard InChI is InChI=1S/C6H5Cl2NO2.C2H6/c1-2-9-5(10)3(7)4(8)6(9)11;1-2/h2H2,1H3;1-2H3. The number of amides is 2. The van der Waals surface area contributed by atoms with Gasteiger partial charge < -0.3 is 0 Å². The van der Waals surface area contributed by atoms with Gasteiger partial charge in [0.1, 0.15) is 10.1 Å². The fourth-order valence-electron chi connectivity index (χ4n) is 0.804. The van der Waals surface area contributed by atoms with Crippen molar-refractivity contribution >= 4 is 35.0 Å². The largest absolute Gasteiger partial charge is 0.273 e. The lowest BCUT2D eigenvalue weighted by Crippen LogP contribution is -2.30. The van der Waals surface area contributed by atoms with Crippen LogP contribution in [0.1, 0.15) is 20.8 Å². The van der Waals surface area contributed by atoms with Crippen molar-refractivity contribution in [2.45, 2.75) is 20.8 Å². The van der Waals surface area contributed by atoms with Crippen molar-refractivity contribution < 1.29 is 9.59 Å². The molecule has 0 saturated heterocycles. The van der Waals surface area contributed by atoms with E-state index in [1.54, 1.807) is 6.92 Å². The summed E-state index contributed by atoms with van der Waals surface area (Å²) in [4.78, 5) is 23.0. The number of imide groups is 1. The normalized spacial score (nSPS) is 16.2. The van der Waals surface area contributed by atoms with Crippen molar-refractivity contribution in [2.75, 3.05) is 6.54 Å². The molecule has 0 N–H and O–H groups in total. The van der Waals surface area contributed by atoms with Crippen LogP contribution in [-0.2, 0) is 9.59 Å². The third-order valence-corrected chi connectivity index (χ3v) is 2.17. The fraction of sp³-hybridized carbons (Fsp3) is 0.500. The van der Waals surface area contributed by atoms with Crippen LogP contribution in [0.5, 0.6) is 0 Å². The van der Waals surface area contributed by atoms with Gasteiger partial charge in [-0.15, -0.1) is 0 Å². The Labute approximate surface area is 87.3 Å². The molecule has 0 radical (unpaired) electrons. The first-order valence-electron chi connectivity index (χ1n) is 4.01. The molecule has 0 aromatic carbocycles. The summed E-state index contributed by atoms with van der Waals surface area (Å²) in [6.45, 7) is 5.97. The van der Waals surface area contributed by atoms with Gasteiger partial charge in [0.25, 0.3) is 11.8 Å². The Morgan fingerprint density at radius 2 is 1.38 bits per heavy atom. The number of carbonyl (C=O) groups excluding carboxylic acids is 2. The first-order valence-corrected chi connectivity index (χ1v) is 4.76. The van der Waals surface area contributed by atoms with Gasteiger partial charge in [-0.3, -0.25) is 14.5 Å². The number of rotatable bonds is 1. The molecule has 0 aromatic rings. The molecule has 1 rings (SSSR count). The average Bonchev–Trinajstić information content (AvgIpc) is 2.35. The minimum atomic E-state index is -0.510. The van der Waals surface area contributed by atoms with Crippen LogP contribution < -0.4 is 0 Å². The minimum Gasteiger partial charge on any atom is -0.273 e. The summed E-state index contributed by atoms with van der Waals surface area (Å²) in [6.07, 6.45) is 0. The molecular formula is C8H11Cl2NO2. The zero-order valence-corrected chi connectivity index (χ0v) is 9.24. The predicted octanol–water partition coefficient (Wildman–Crippen LogP) is 2.09. The Bertz CT molecular complexity index is 237. The highest BCUT2D eigenvalue weighted by Gasteiger charge is 2.35. The van der Waals surface area contributed by atoms with Crippen LogP contribution in [-0.4, -0.2) is 23.3 Å². The molecule has 5 heteroatoms. The van der Waals surface area contributed by atoms with Crippen molar-refractivity contribution in [1.29, 1.82) is 0 Å². The fourth-order valence-corrected chi connectivity index (χ4v) is 1.17. The first-order chi connectivity index (χ1) is 6.09. The lowest BCUT2D eigenvalue weighted by molar-refractivity contribution is -0.136. The van der Waals surface area contributed by atoms with E-state index < -0.39 is 11.8 Å². The highest BCUT2D eigenvalue weighted by Crippen LogP contribution is 2.25. The van der Waals surface area contributed by atoms with Gasteiger partial charge in [0.15, 0.2) is 0 Å². The Hall–Kier alpha value is -0.540. The molecule has 0 spiro atoms. The zero-order chi connectivity index (χ0) is 10.6. The predicted molar refractivity (Wildman–Crippen MR) is 52.5 cm³/mol. The van der Waals surface area contributed by atoms with E-state index in [2.05, 4.69) is 0 Å². The highest BCUT2D eigenvalue weighted by molar-refractivity contribution is 6.58. The third-order valence-electron chi connectivity index (χ3n) is 1.37. The summed E-state index contributed by atoms with van der Waals surface area (Å²) < 4.78 is 0. The van der Waals surface area contributed by atoms with E-state index in [0.717, 1.165) is 4.90 Å². The van der Waals surface area contributed by atoms with Crippen molar-refractivity contribution in [2.24, 2.45) is 0 Å². The maximum Gasteiger partial charge on any atom is 0.273 e. The molecule has 0 aromatic heterocycles. The average molecular weight is 224 g/mol. The topological polar surface area (TPSA) is 37.4 Å². The molecule has 13 heavy (non-hydrogen) atoms. The lowest BCUT2D eigenvalue weighted by Gasteiger charge is -2.08. The van der Waals surface area contributed by atoms with E-state index in [-0.39, 0.29) is 10.1 Å². The van der Waals surface area contributed by atoms with E-state index in [4.69, 9.17) is 23.2 Å². The number of halogens is 2. The molecule has 0 unspecified atom stereocenters. The molecule has 3 nitrogen and oxygen atoms in total. The SMILES string of the molecule is CC.CCN1C(=O)C(Cl)=C(Cl)C1=O. The van der Waals surface area contributed by atoms with E-state index in [9.17, 15) is 9.59 Å². The molecule has 0 aliphatic carbocycles.